The van der Waals surface area contributed by atoms with Gasteiger partial charge in [-0.05, 0) is 0 Å². The van der Waals surface area contributed by atoms with E-state index in [-0.39, 0.29) is 0 Å². The van der Waals surface area contributed by atoms with E-state index >= 15 is 0 Å². The molecular formula is C18H14OSTe. The SMILES string of the molecule is C(=C(\Sc1ccccc1)[Te]c1ccccc1)/c1ccco1. The summed E-state index contributed by atoms with van der Waals surface area (Å²) in [5, 5.41) is 0. The summed E-state index contributed by atoms with van der Waals surface area (Å²) in [6.45, 7) is 0. The molecule has 1 heterocycles. The maximum absolute atomic E-state index is 5.47. The first kappa shape index (κ1) is 14.5. The van der Waals surface area contributed by atoms with E-state index in [0.29, 0.717) is 0 Å². The van der Waals surface area contributed by atoms with E-state index in [1.807, 2.05) is 30.0 Å². The first-order valence-electron chi connectivity index (χ1n) is 6.61. The fraction of sp³-hybridized carbons (Fsp3) is 0. The zero-order valence-electron chi connectivity index (χ0n) is 11.3. The van der Waals surface area contributed by atoms with Gasteiger partial charge < -0.3 is 0 Å². The number of benzene rings is 2. The Kier molecular flexibility index (Phi) is 5.23. The van der Waals surface area contributed by atoms with Crippen LogP contribution in [0.3, 0.4) is 0 Å². The van der Waals surface area contributed by atoms with E-state index in [1.54, 1.807) is 6.26 Å². The van der Waals surface area contributed by atoms with E-state index < -0.39 is 20.9 Å². The van der Waals surface area contributed by atoms with Crippen LogP contribution < -0.4 is 3.61 Å². The fourth-order valence-electron chi connectivity index (χ4n) is 1.78. The Balaban J connectivity index is 1.84. The Morgan fingerprint density at radius 3 is 2.24 bits per heavy atom. The van der Waals surface area contributed by atoms with Crippen LogP contribution in [0.2, 0.25) is 0 Å². The number of hydrogen-bond donors (Lipinski definition) is 0. The van der Waals surface area contributed by atoms with Gasteiger partial charge in [-0.3, -0.25) is 0 Å². The van der Waals surface area contributed by atoms with E-state index in [4.69, 9.17) is 4.42 Å². The van der Waals surface area contributed by atoms with Gasteiger partial charge in [0.25, 0.3) is 0 Å². The van der Waals surface area contributed by atoms with Gasteiger partial charge in [-0.2, -0.15) is 0 Å². The van der Waals surface area contributed by atoms with Crippen molar-refractivity contribution in [3.8, 4) is 0 Å². The summed E-state index contributed by atoms with van der Waals surface area (Å²) in [7, 11) is 0. The van der Waals surface area contributed by atoms with Gasteiger partial charge in [0.1, 0.15) is 0 Å². The summed E-state index contributed by atoms with van der Waals surface area (Å²) in [6, 6.07) is 25.2. The van der Waals surface area contributed by atoms with Crippen LogP contribution in [-0.4, -0.2) is 20.9 Å². The number of rotatable bonds is 5. The predicted molar refractivity (Wildman–Crippen MR) is 90.8 cm³/mol. The molecular weight excluding hydrogens is 392 g/mol. The van der Waals surface area contributed by atoms with Crippen molar-refractivity contribution in [2.45, 2.75) is 4.90 Å². The Labute approximate surface area is 139 Å². The molecule has 21 heavy (non-hydrogen) atoms. The van der Waals surface area contributed by atoms with Gasteiger partial charge in [0.15, 0.2) is 0 Å². The summed E-state index contributed by atoms with van der Waals surface area (Å²) in [4.78, 5) is 1.27. The number of thioether (sulfide) groups is 1. The third kappa shape index (κ3) is 4.54. The van der Waals surface area contributed by atoms with E-state index in [2.05, 4.69) is 60.7 Å². The molecule has 0 aliphatic carbocycles. The quantitative estimate of drug-likeness (QED) is 0.461. The second kappa shape index (κ2) is 7.56. The zero-order chi connectivity index (χ0) is 14.3. The first-order chi connectivity index (χ1) is 10.4. The molecule has 3 rings (SSSR count). The fourth-order valence-corrected chi connectivity index (χ4v) is 6.35. The molecule has 0 amide bonds. The summed E-state index contributed by atoms with van der Waals surface area (Å²) < 4.78 is 8.30. The molecule has 0 aliphatic heterocycles. The van der Waals surface area contributed by atoms with Crippen LogP contribution >= 0.6 is 11.8 Å². The molecule has 104 valence electrons. The van der Waals surface area contributed by atoms with E-state index in [0.717, 1.165) is 5.76 Å². The summed E-state index contributed by atoms with van der Waals surface area (Å²) in [5.74, 6) is 0.925. The molecule has 1 aromatic heterocycles. The number of hydrogen-bond acceptors (Lipinski definition) is 2. The van der Waals surface area contributed by atoms with E-state index in [1.165, 1.54) is 11.5 Å². The molecule has 2 aromatic carbocycles. The maximum atomic E-state index is 5.47. The van der Waals surface area contributed by atoms with Gasteiger partial charge in [0.05, 0.1) is 0 Å². The Bertz CT molecular complexity index is 647. The molecule has 0 fully saturated rings. The minimum atomic E-state index is -0.410. The van der Waals surface area contributed by atoms with Gasteiger partial charge in [-0.25, -0.2) is 0 Å². The summed E-state index contributed by atoms with van der Waals surface area (Å²) >= 11 is 1.43. The van der Waals surface area contributed by atoms with Crippen molar-refractivity contribution in [3.05, 3.63) is 87.8 Å². The van der Waals surface area contributed by atoms with E-state index in [9.17, 15) is 0 Å². The van der Waals surface area contributed by atoms with Gasteiger partial charge in [0.2, 0.25) is 0 Å². The van der Waals surface area contributed by atoms with Crippen molar-refractivity contribution in [3.63, 3.8) is 0 Å². The standard InChI is InChI=1S/C18H14OSTe/c1-3-9-16(10-4-1)20-18(14-15-8-7-13-19-15)21-17-11-5-2-6-12-17/h1-14H/b18-14-. The Morgan fingerprint density at radius 1 is 0.857 bits per heavy atom. The predicted octanol–water partition coefficient (Wildman–Crippen LogP) is 4.40. The van der Waals surface area contributed by atoms with Crippen LogP contribution in [0.15, 0.2) is 91.3 Å². The summed E-state index contributed by atoms with van der Waals surface area (Å²) in [5.41, 5.74) is 0. The van der Waals surface area contributed by atoms with Gasteiger partial charge in [0, 0.05) is 0 Å². The molecule has 0 unspecified atom stereocenters. The van der Waals surface area contributed by atoms with Crippen LogP contribution in [0.5, 0.6) is 0 Å². The molecule has 1 nitrogen and oxygen atoms in total. The molecule has 0 aliphatic rings. The van der Waals surface area contributed by atoms with Crippen molar-refractivity contribution in [2.75, 3.05) is 0 Å². The monoisotopic (exact) mass is 408 g/mol. The second-order valence-electron chi connectivity index (χ2n) is 4.31. The van der Waals surface area contributed by atoms with Crippen LogP contribution in [0, 0.1) is 0 Å². The first-order valence-corrected chi connectivity index (χ1v) is 9.76. The molecule has 0 saturated heterocycles. The van der Waals surface area contributed by atoms with Crippen LogP contribution in [0.4, 0.5) is 0 Å². The van der Waals surface area contributed by atoms with Crippen LogP contribution in [0.25, 0.3) is 6.08 Å². The third-order valence-corrected chi connectivity index (χ3v) is 7.19. The van der Waals surface area contributed by atoms with Crippen LogP contribution in [-0.2, 0) is 0 Å². The normalized spacial score (nSPS) is 11.5. The van der Waals surface area contributed by atoms with Crippen molar-refractivity contribution in [1.82, 2.24) is 0 Å². The average molecular weight is 406 g/mol. The topological polar surface area (TPSA) is 13.1 Å². The van der Waals surface area contributed by atoms with Gasteiger partial charge in [-0.15, -0.1) is 0 Å². The molecule has 0 radical (unpaired) electrons. The summed E-state index contributed by atoms with van der Waals surface area (Å²) in [6.07, 6.45) is 3.90. The molecule has 3 heteroatoms. The van der Waals surface area contributed by atoms with Crippen LogP contribution in [0.1, 0.15) is 5.76 Å². The molecule has 3 aromatic rings. The molecule has 0 spiro atoms. The zero-order valence-corrected chi connectivity index (χ0v) is 14.5. The average Bonchev–Trinajstić information content (AvgIpc) is 3.02. The van der Waals surface area contributed by atoms with Crippen molar-refractivity contribution >= 4 is 42.4 Å². The van der Waals surface area contributed by atoms with Crippen molar-refractivity contribution in [2.24, 2.45) is 0 Å². The van der Waals surface area contributed by atoms with Gasteiger partial charge >= 0.3 is 139 Å². The van der Waals surface area contributed by atoms with Gasteiger partial charge in [-0.1, -0.05) is 0 Å². The second-order valence-corrected chi connectivity index (χ2v) is 9.41. The minimum absolute atomic E-state index is 0.410. The molecule has 0 saturated carbocycles. The van der Waals surface area contributed by atoms with Crippen molar-refractivity contribution < 1.29 is 4.42 Å². The third-order valence-electron chi connectivity index (χ3n) is 2.73. The molecule has 0 atom stereocenters. The van der Waals surface area contributed by atoms with Crippen molar-refractivity contribution in [1.29, 1.82) is 0 Å². The molecule has 0 bridgehead atoms. The molecule has 0 N–H and O–H groups in total. The Hall–Kier alpha value is -1.40. The number of furan rings is 1. The Morgan fingerprint density at radius 2 is 1.57 bits per heavy atom.